The highest BCUT2D eigenvalue weighted by Crippen LogP contribution is 2.37. The van der Waals surface area contributed by atoms with Crippen LogP contribution in [0.2, 0.25) is 0 Å². The fraction of sp³-hybridized carbons (Fsp3) is 0.286. The molecule has 1 aliphatic rings. The van der Waals surface area contributed by atoms with E-state index in [0.717, 1.165) is 11.1 Å². The lowest BCUT2D eigenvalue weighted by Gasteiger charge is -2.27. The largest absolute Gasteiger partial charge is 0.206 e. The summed E-state index contributed by atoms with van der Waals surface area (Å²) >= 11 is 5.67. The third kappa shape index (κ3) is 3.68. The highest BCUT2D eigenvalue weighted by Gasteiger charge is 2.20. The Morgan fingerprint density at radius 3 is 2.25 bits per heavy atom. The molecule has 0 amide bonds. The maximum absolute atomic E-state index is 13.8. The van der Waals surface area contributed by atoms with E-state index in [1.807, 2.05) is 18.2 Å². The minimum Gasteiger partial charge on any atom is -0.206 e. The number of halogens is 2. The number of allylic oxidation sites excluding steroid dienone is 1. The SMILES string of the molecule is N#Cc1ccc(-c2ccc(C3CCC(/C=C/Cl)CC3)cc2)cc1F. The molecule has 0 aromatic heterocycles. The fourth-order valence-electron chi connectivity index (χ4n) is 3.48. The Morgan fingerprint density at radius 2 is 1.67 bits per heavy atom. The van der Waals surface area contributed by atoms with Gasteiger partial charge in [0, 0.05) is 5.54 Å². The molecule has 1 nitrogen and oxygen atoms in total. The second-order valence-electron chi connectivity index (χ2n) is 6.36. The van der Waals surface area contributed by atoms with Crippen molar-refractivity contribution < 1.29 is 4.39 Å². The Bertz CT molecular complexity index is 765. The lowest BCUT2D eigenvalue weighted by atomic mass is 9.78. The number of hydrogen-bond donors (Lipinski definition) is 0. The topological polar surface area (TPSA) is 23.8 Å². The van der Waals surface area contributed by atoms with Gasteiger partial charge in [-0.1, -0.05) is 48.0 Å². The lowest BCUT2D eigenvalue weighted by molar-refractivity contribution is 0.376. The highest BCUT2D eigenvalue weighted by atomic mass is 35.5. The monoisotopic (exact) mass is 339 g/mol. The molecule has 0 atom stereocenters. The molecule has 0 spiro atoms. The highest BCUT2D eigenvalue weighted by molar-refractivity contribution is 6.25. The van der Waals surface area contributed by atoms with E-state index in [0.29, 0.717) is 11.8 Å². The van der Waals surface area contributed by atoms with E-state index in [9.17, 15) is 4.39 Å². The van der Waals surface area contributed by atoms with Gasteiger partial charge in [0.1, 0.15) is 11.9 Å². The summed E-state index contributed by atoms with van der Waals surface area (Å²) < 4.78 is 13.8. The van der Waals surface area contributed by atoms with Crippen molar-refractivity contribution in [2.75, 3.05) is 0 Å². The van der Waals surface area contributed by atoms with E-state index in [-0.39, 0.29) is 5.56 Å². The molecule has 0 saturated heterocycles. The normalized spacial score (nSPS) is 20.9. The number of hydrogen-bond acceptors (Lipinski definition) is 1. The van der Waals surface area contributed by atoms with Crippen LogP contribution >= 0.6 is 11.6 Å². The molecule has 0 bridgehead atoms. The average molecular weight is 340 g/mol. The number of nitrogens with zero attached hydrogens (tertiary/aromatic N) is 1. The summed E-state index contributed by atoms with van der Waals surface area (Å²) in [7, 11) is 0. The number of rotatable bonds is 3. The van der Waals surface area contributed by atoms with Crippen LogP contribution in [-0.4, -0.2) is 0 Å². The Balaban J connectivity index is 1.72. The fourth-order valence-corrected chi connectivity index (χ4v) is 3.69. The quantitative estimate of drug-likeness (QED) is 0.635. The van der Waals surface area contributed by atoms with Crippen LogP contribution < -0.4 is 0 Å². The van der Waals surface area contributed by atoms with Gasteiger partial charge < -0.3 is 0 Å². The molecule has 2 aromatic carbocycles. The predicted molar refractivity (Wildman–Crippen MR) is 96.2 cm³/mol. The van der Waals surface area contributed by atoms with Crippen molar-refractivity contribution in [3.8, 4) is 17.2 Å². The first-order valence-electron chi connectivity index (χ1n) is 8.28. The van der Waals surface area contributed by atoms with Gasteiger partial charge in [-0.25, -0.2) is 4.39 Å². The van der Waals surface area contributed by atoms with Gasteiger partial charge in [0.25, 0.3) is 0 Å². The summed E-state index contributed by atoms with van der Waals surface area (Å²) in [5.41, 5.74) is 4.84. The zero-order chi connectivity index (χ0) is 16.9. The molecule has 1 aliphatic carbocycles. The van der Waals surface area contributed by atoms with Crippen LogP contribution in [0.15, 0.2) is 54.1 Å². The second kappa shape index (κ2) is 7.64. The molecule has 0 heterocycles. The van der Waals surface area contributed by atoms with Gasteiger partial charge in [-0.15, -0.1) is 0 Å². The summed E-state index contributed by atoms with van der Waals surface area (Å²) in [5, 5.41) is 8.81. The zero-order valence-corrected chi connectivity index (χ0v) is 14.1. The molecule has 2 aromatic rings. The summed E-state index contributed by atoms with van der Waals surface area (Å²) in [6, 6.07) is 15.0. The first kappa shape index (κ1) is 16.7. The molecular weight excluding hydrogens is 321 g/mol. The molecule has 24 heavy (non-hydrogen) atoms. The maximum atomic E-state index is 13.8. The maximum Gasteiger partial charge on any atom is 0.141 e. The van der Waals surface area contributed by atoms with Crippen molar-refractivity contribution in [2.24, 2.45) is 5.92 Å². The minimum atomic E-state index is -0.468. The van der Waals surface area contributed by atoms with Crippen LogP contribution in [0.4, 0.5) is 4.39 Å². The molecule has 0 aliphatic heterocycles. The molecule has 1 saturated carbocycles. The van der Waals surface area contributed by atoms with Crippen molar-refractivity contribution in [1.82, 2.24) is 0 Å². The summed E-state index contributed by atoms with van der Waals surface area (Å²) in [6.07, 6.45) is 6.81. The van der Waals surface area contributed by atoms with E-state index in [4.69, 9.17) is 16.9 Å². The summed E-state index contributed by atoms with van der Waals surface area (Å²) in [5.74, 6) is 0.737. The van der Waals surface area contributed by atoms with Gasteiger partial charge in [-0.05, 0) is 66.3 Å². The van der Waals surface area contributed by atoms with Crippen LogP contribution in [0.5, 0.6) is 0 Å². The molecule has 1 fully saturated rings. The van der Waals surface area contributed by atoms with Gasteiger partial charge in [0.15, 0.2) is 0 Å². The van der Waals surface area contributed by atoms with E-state index >= 15 is 0 Å². The Morgan fingerprint density at radius 1 is 1.00 bits per heavy atom. The van der Waals surface area contributed by atoms with Gasteiger partial charge in [0.2, 0.25) is 0 Å². The standard InChI is InChI=1S/C21H19ClFN/c22-12-11-15-1-3-16(4-2-15)17-5-7-18(8-6-17)19-9-10-20(14-24)21(23)13-19/h5-13,15-16H,1-4H2/b12-11+. The van der Waals surface area contributed by atoms with Gasteiger partial charge in [-0.3, -0.25) is 0 Å². The summed E-state index contributed by atoms with van der Waals surface area (Å²) in [6.45, 7) is 0. The van der Waals surface area contributed by atoms with Crippen molar-refractivity contribution in [2.45, 2.75) is 31.6 Å². The van der Waals surface area contributed by atoms with E-state index in [2.05, 4.69) is 18.2 Å². The molecular formula is C21H19ClFN. The van der Waals surface area contributed by atoms with E-state index in [1.165, 1.54) is 43.4 Å². The van der Waals surface area contributed by atoms with Crippen LogP contribution in [0.25, 0.3) is 11.1 Å². The van der Waals surface area contributed by atoms with Gasteiger partial charge >= 0.3 is 0 Å². The Labute approximate surface area is 147 Å². The first-order valence-corrected chi connectivity index (χ1v) is 8.71. The van der Waals surface area contributed by atoms with Crippen molar-refractivity contribution in [1.29, 1.82) is 5.26 Å². The van der Waals surface area contributed by atoms with Crippen LogP contribution in [0.1, 0.15) is 42.7 Å². The predicted octanol–water partition coefficient (Wildman–Crippen LogP) is 6.39. The van der Waals surface area contributed by atoms with E-state index < -0.39 is 5.82 Å². The lowest BCUT2D eigenvalue weighted by Crippen LogP contribution is -2.11. The molecule has 0 N–H and O–H groups in total. The van der Waals surface area contributed by atoms with Crippen molar-refractivity contribution in [3.63, 3.8) is 0 Å². The van der Waals surface area contributed by atoms with Gasteiger partial charge in [-0.2, -0.15) is 5.26 Å². The zero-order valence-electron chi connectivity index (χ0n) is 13.4. The van der Waals surface area contributed by atoms with Gasteiger partial charge in [0.05, 0.1) is 5.56 Å². The second-order valence-corrected chi connectivity index (χ2v) is 6.61. The number of nitriles is 1. The molecule has 0 radical (unpaired) electrons. The van der Waals surface area contributed by atoms with Crippen molar-refractivity contribution in [3.05, 3.63) is 71.0 Å². The molecule has 3 heteroatoms. The minimum absolute atomic E-state index is 0.0816. The Hall–Kier alpha value is -2.11. The third-order valence-corrected chi connectivity index (χ3v) is 5.07. The molecule has 0 unspecified atom stereocenters. The van der Waals surface area contributed by atoms with E-state index in [1.54, 1.807) is 11.6 Å². The van der Waals surface area contributed by atoms with Crippen LogP contribution in [0, 0.1) is 23.1 Å². The van der Waals surface area contributed by atoms with Crippen molar-refractivity contribution >= 4 is 11.6 Å². The first-order chi connectivity index (χ1) is 11.7. The molecule has 122 valence electrons. The average Bonchev–Trinajstić information content (AvgIpc) is 2.63. The smallest absolute Gasteiger partial charge is 0.141 e. The third-order valence-electron chi connectivity index (χ3n) is 4.92. The van der Waals surface area contributed by atoms with Crippen LogP contribution in [0.3, 0.4) is 0 Å². The number of benzene rings is 2. The molecule has 3 rings (SSSR count). The summed E-state index contributed by atoms with van der Waals surface area (Å²) in [4.78, 5) is 0. The van der Waals surface area contributed by atoms with Crippen LogP contribution in [-0.2, 0) is 0 Å². The Kier molecular flexibility index (Phi) is 5.33.